The summed E-state index contributed by atoms with van der Waals surface area (Å²) in [5.41, 5.74) is 2.75. The molecule has 0 fully saturated rings. The van der Waals surface area contributed by atoms with Crippen molar-refractivity contribution in [2.24, 2.45) is 0 Å². The number of ether oxygens (including phenoxy) is 2. The lowest BCUT2D eigenvalue weighted by Gasteiger charge is -2.25. The number of hydrogen-bond donors (Lipinski definition) is 1. The Labute approximate surface area is 233 Å². The summed E-state index contributed by atoms with van der Waals surface area (Å²) in [7, 11) is -1.24. The fraction of sp³-hybridized carbons (Fsp3) is 0.167. The molecule has 0 spiro atoms. The van der Waals surface area contributed by atoms with E-state index in [1.54, 1.807) is 18.2 Å². The number of nitrogens with zero attached hydrogens (tertiary/aromatic N) is 1. The molecule has 9 heteroatoms. The second-order valence-electron chi connectivity index (χ2n) is 8.83. The molecule has 4 aromatic rings. The minimum absolute atomic E-state index is 0.0212. The van der Waals surface area contributed by atoms with Gasteiger partial charge in [-0.25, -0.2) is 8.42 Å². The molecular weight excluding hydrogens is 532 g/mol. The highest BCUT2D eigenvalue weighted by Crippen LogP contribution is 2.35. The number of aryl methyl sites for hydroxylation is 2. The van der Waals surface area contributed by atoms with Crippen molar-refractivity contribution >= 4 is 39.1 Å². The topological polar surface area (TPSA) is 84.9 Å². The fourth-order valence-corrected chi connectivity index (χ4v) is 6.45. The molecule has 202 valence electrons. The van der Waals surface area contributed by atoms with Crippen molar-refractivity contribution in [3.05, 3.63) is 102 Å². The Morgan fingerprint density at radius 2 is 1.46 bits per heavy atom. The first-order valence-corrected chi connectivity index (χ1v) is 14.4. The molecule has 0 radical (unpaired) electrons. The van der Waals surface area contributed by atoms with Crippen molar-refractivity contribution in [1.82, 2.24) is 0 Å². The van der Waals surface area contributed by atoms with Crippen LogP contribution >= 0.6 is 11.8 Å². The summed E-state index contributed by atoms with van der Waals surface area (Å²) in [4.78, 5) is 15.2. The summed E-state index contributed by atoms with van der Waals surface area (Å²) < 4.78 is 39.6. The zero-order valence-electron chi connectivity index (χ0n) is 22.2. The third kappa shape index (κ3) is 6.74. The molecule has 39 heavy (non-hydrogen) atoms. The molecule has 0 bridgehead atoms. The zero-order valence-corrected chi connectivity index (χ0v) is 23.8. The number of amides is 1. The largest absolute Gasteiger partial charge is 0.493 e. The van der Waals surface area contributed by atoms with Gasteiger partial charge in [-0.2, -0.15) is 0 Å². The number of methoxy groups -OCH3 is 2. The lowest BCUT2D eigenvalue weighted by atomic mass is 10.1. The maximum absolute atomic E-state index is 14.0. The standard InChI is InChI=1S/C30H30N2O5S2/c1-21-16-22(2)18-23(17-21)32(39(34,35)25-14-15-27(36-3)28(19-25)37-4)20-30(33)31-26-12-8-9-13-29(26)38-24-10-6-5-7-11-24/h5-19H,20H2,1-4H3,(H,31,33). The first-order chi connectivity index (χ1) is 18.7. The summed E-state index contributed by atoms with van der Waals surface area (Å²) in [6.45, 7) is 3.34. The molecule has 0 aliphatic rings. The van der Waals surface area contributed by atoms with Gasteiger partial charge in [-0.1, -0.05) is 48.2 Å². The lowest BCUT2D eigenvalue weighted by Crippen LogP contribution is -2.38. The average Bonchev–Trinajstić information content (AvgIpc) is 2.92. The highest BCUT2D eigenvalue weighted by atomic mass is 32.2. The van der Waals surface area contributed by atoms with Crippen molar-refractivity contribution in [3.63, 3.8) is 0 Å². The summed E-state index contributed by atoms with van der Waals surface area (Å²) in [6, 6.07) is 27.1. The van der Waals surface area contributed by atoms with Gasteiger partial charge in [-0.15, -0.1) is 0 Å². The van der Waals surface area contributed by atoms with Gasteiger partial charge in [0, 0.05) is 15.9 Å². The van der Waals surface area contributed by atoms with Gasteiger partial charge < -0.3 is 14.8 Å². The van der Waals surface area contributed by atoms with Crippen LogP contribution in [0, 0.1) is 13.8 Å². The van der Waals surface area contributed by atoms with Crippen molar-refractivity contribution in [3.8, 4) is 11.5 Å². The number of para-hydroxylation sites is 1. The Morgan fingerprint density at radius 1 is 0.821 bits per heavy atom. The Kier molecular flexibility index (Phi) is 8.83. The van der Waals surface area contributed by atoms with E-state index >= 15 is 0 Å². The van der Waals surface area contributed by atoms with Crippen LogP contribution in [0.1, 0.15) is 11.1 Å². The highest BCUT2D eigenvalue weighted by Gasteiger charge is 2.29. The van der Waals surface area contributed by atoms with E-state index < -0.39 is 22.5 Å². The summed E-state index contributed by atoms with van der Waals surface area (Å²) in [5.74, 6) is 0.203. The van der Waals surface area contributed by atoms with E-state index in [0.29, 0.717) is 17.1 Å². The maximum atomic E-state index is 14.0. The Bertz CT molecular complexity index is 1550. The van der Waals surface area contributed by atoms with Gasteiger partial charge in [0.2, 0.25) is 5.91 Å². The fourth-order valence-electron chi connectivity index (χ4n) is 4.11. The molecular formula is C30H30N2O5S2. The molecule has 1 N–H and O–H groups in total. The van der Waals surface area contributed by atoms with Gasteiger partial charge in [0.15, 0.2) is 11.5 Å². The average molecular weight is 563 g/mol. The molecule has 0 aliphatic heterocycles. The van der Waals surface area contributed by atoms with E-state index in [9.17, 15) is 13.2 Å². The van der Waals surface area contributed by atoms with E-state index in [0.717, 1.165) is 25.2 Å². The third-order valence-corrected chi connectivity index (χ3v) is 8.71. The van der Waals surface area contributed by atoms with Crippen molar-refractivity contribution < 1.29 is 22.7 Å². The van der Waals surface area contributed by atoms with E-state index in [1.165, 1.54) is 44.2 Å². The monoisotopic (exact) mass is 562 g/mol. The van der Waals surface area contributed by atoms with Gasteiger partial charge in [-0.05, 0) is 73.5 Å². The predicted octanol–water partition coefficient (Wildman–Crippen LogP) is 6.31. The summed E-state index contributed by atoms with van der Waals surface area (Å²) in [6.07, 6.45) is 0. The number of benzene rings is 4. The quantitative estimate of drug-likeness (QED) is 0.244. The Balaban J connectivity index is 1.68. The maximum Gasteiger partial charge on any atom is 0.264 e. The Hall–Kier alpha value is -3.95. The third-order valence-electron chi connectivity index (χ3n) is 5.86. The summed E-state index contributed by atoms with van der Waals surface area (Å²) >= 11 is 1.51. The number of carbonyl (C=O) groups excluding carboxylic acids is 1. The smallest absolute Gasteiger partial charge is 0.264 e. The zero-order chi connectivity index (χ0) is 28.0. The molecule has 0 aliphatic carbocycles. The van der Waals surface area contributed by atoms with Gasteiger partial charge in [0.25, 0.3) is 10.0 Å². The number of sulfonamides is 1. The number of carbonyl (C=O) groups is 1. The second-order valence-corrected chi connectivity index (χ2v) is 11.8. The molecule has 7 nitrogen and oxygen atoms in total. The van der Waals surface area contributed by atoms with E-state index in [1.807, 2.05) is 68.4 Å². The molecule has 0 heterocycles. The van der Waals surface area contributed by atoms with Crippen LogP contribution in [0.5, 0.6) is 11.5 Å². The van der Waals surface area contributed by atoms with Crippen molar-refractivity contribution in [1.29, 1.82) is 0 Å². The number of anilines is 2. The van der Waals surface area contributed by atoms with Gasteiger partial charge in [0.1, 0.15) is 6.54 Å². The molecule has 1 amide bonds. The number of nitrogens with one attached hydrogen (secondary N) is 1. The van der Waals surface area contributed by atoms with Gasteiger partial charge >= 0.3 is 0 Å². The first-order valence-electron chi connectivity index (χ1n) is 12.2. The minimum atomic E-state index is -4.16. The minimum Gasteiger partial charge on any atom is -0.493 e. The molecule has 0 saturated heterocycles. The molecule has 0 atom stereocenters. The molecule has 0 aromatic heterocycles. The molecule has 4 aromatic carbocycles. The molecule has 0 saturated carbocycles. The first kappa shape index (κ1) is 28.1. The summed E-state index contributed by atoms with van der Waals surface area (Å²) in [5, 5.41) is 2.91. The van der Waals surface area contributed by atoms with Crippen LogP contribution in [-0.4, -0.2) is 35.1 Å². The van der Waals surface area contributed by atoms with Crippen molar-refractivity contribution in [2.45, 2.75) is 28.5 Å². The van der Waals surface area contributed by atoms with Crippen LogP contribution in [-0.2, 0) is 14.8 Å². The highest BCUT2D eigenvalue weighted by molar-refractivity contribution is 7.99. The van der Waals surface area contributed by atoms with E-state index in [2.05, 4.69) is 5.32 Å². The van der Waals surface area contributed by atoms with Crippen LogP contribution in [0.3, 0.4) is 0 Å². The number of rotatable bonds is 10. The van der Waals surface area contributed by atoms with Crippen LogP contribution in [0.2, 0.25) is 0 Å². The Morgan fingerprint density at radius 3 is 2.13 bits per heavy atom. The van der Waals surface area contributed by atoms with E-state index in [-0.39, 0.29) is 10.6 Å². The molecule has 4 rings (SSSR count). The van der Waals surface area contributed by atoms with Crippen LogP contribution in [0.4, 0.5) is 11.4 Å². The predicted molar refractivity (Wildman–Crippen MR) is 156 cm³/mol. The van der Waals surface area contributed by atoms with Crippen LogP contribution < -0.4 is 19.1 Å². The van der Waals surface area contributed by atoms with Crippen LogP contribution in [0.15, 0.2) is 106 Å². The van der Waals surface area contributed by atoms with Crippen molar-refractivity contribution in [2.75, 3.05) is 30.4 Å². The molecule has 0 unspecified atom stereocenters. The van der Waals surface area contributed by atoms with E-state index in [4.69, 9.17) is 9.47 Å². The second kappa shape index (κ2) is 12.3. The normalized spacial score (nSPS) is 11.1. The number of hydrogen-bond acceptors (Lipinski definition) is 6. The van der Waals surface area contributed by atoms with Crippen LogP contribution in [0.25, 0.3) is 0 Å². The van der Waals surface area contributed by atoms with Gasteiger partial charge in [0.05, 0.1) is 30.5 Å². The lowest BCUT2D eigenvalue weighted by molar-refractivity contribution is -0.114. The van der Waals surface area contributed by atoms with Gasteiger partial charge in [-0.3, -0.25) is 9.10 Å². The SMILES string of the molecule is COc1ccc(S(=O)(=O)N(CC(=O)Nc2ccccc2Sc2ccccc2)c2cc(C)cc(C)c2)cc1OC.